The summed E-state index contributed by atoms with van der Waals surface area (Å²) in [6.07, 6.45) is 1.53. The minimum absolute atomic E-state index is 0.0508. The van der Waals surface area contributed by atoms with Crippen molar-refractivity contribution in [1.29, 1.82) is 5.26 Å². The molecule has 0 unspecified atom stereocenters. The zero-order valence-electron chi connectivity index (χ0n) is 13.7. The molecule has 0 radical (unpaired) electrons. The Balaban J connectivity index is 2.00. The smallest absolute Gasteiger partial charge is 0.263 e. The van der Waals surface area contributed by atoms with E-state index in [0.717, 1.165) is 17.0 Å². The number of amides is 1. The summed E-state index contributed by atoms with van der Waals surface area (Å²) in [5.74, 6) is 0.350. The minimum atomic E-state index is -0.406. The van der Waals surface area contributed by atoms with Gasteiger partial charge in [-0.25, -0.2) is 0 Å². The normalized spacial score (nSPS) is 10.6. The lowest BCUT2D eigenvalue weighted by Gasteiger charge is -2.14. The van der Waals surface area contributed by atoms with Crippen molar-refractivity contribution in [2.24, 2.45) is 0 Å². The van der Waals surface area contributed by atoms with Gasteiger partial charge in [0.2, 0.25) is 0 Å². The summed E-state index contributed by atoms with van der Waals surface area (Å²) in [5, 5.41) is 12.0. The number of nitrogens with zero attached hydrogens (tertiary/aromatic N) is 2. The van der Waals surface area contributed by atoms with Crippen LogP contribution in [-0.4, -0.2) is 20.1 Å². The van der Waals surface area contributed by atoms with E-state index in [1.165, 1.54) is 6.20 Å². The van der Waals surface area contributed by atoms with Crippen molar-refractivity contribution in [3.8, 4) is 11.8 Å². The van der Waals surface area contributed by atoms with Gasteiger partial charge in [-0.3, -0.25) is 4.79 Å². The predicted molar refractivity (Wildman–Crippen MR) is 93.4 cm³/mol. The fourth-order valence-electron chi connectivity index (χ4n) is 2.09. The van der Waals surface area contributed by atoms with Gasteiger partial charge in [0.05, 0.1) is 7.11 Å². The van der Waals surface area contributed by atoms with E-state index in [9.17, 15) is 10.1 Å². The number of nitriles is 1. The molecule has 0 saturated carbocycles. The highest BCUT2D eigenvalue weighted by Crippen LogP contribution is 2.13. The van der Waals surface area contributed by atoms with Crippen LogP contribution < -0.4 is 15.0 Å². The first kappa shape index (κ1) is 17.1. The van der Waals surface area contributed by atoms with Crippen LogP contribution in [0.15, 0.2) is 66.4 Å². The van der Waals surface area contributed by atoms with E-state index < -0.39 is 5.91 Å². The topological polar surface area (TPSA) is 65.4 Å². The molecule has 5 nitrogen and oxygen atoms in total. The Morgan fingerprint density at radius 1 is 1.21 bits per heavy atom. The number of ether oxygens (including phenoxy) is 1. The van der Waals surface area contributed by atoms with Gasteiger partial charge in [0.25, 0.3) is 5.91 Å². The Bertz CT molecular complexity index is 746. The van der Waals surface area contributed by atoms with Crippen LogP contribution in [0.4, 0.5) is 5.69 Å². The Morgan fingerprint density at radius 2 is 1.88 bits per heavy atom. The van der Waals surface area contributed by atoms with E-state index in [1.807, 2.05) is 60.7 Å². The average molecular weight is 321 g/mol. The molecular formula is C19H19N3O2. The molecular weight excluding hydrogens is 302 g/mol. The van der Waals surface area contributed by atoms with Crippen LogP contribution in [0.3, 0.4) is 0 Å². The van der Waals surface area contributed by atoms with Gasteiger partial charge in [0.15, 0.2) is 0 Å². The number of para-hydroxylation sites is 1. The lowest BCUT2D eigenvalue weighted by Crippen LogP contribution is -2.25. The van der Waals surface area contributed by atoms with Crippen molar-refractivity contribution in [2.45, 2.75) is 6.54 Å². The zero-order valence-corrected chi connectivity index (χ0v) is 13.7. The van der Waals surface area contributed by atoms with E-state index in [1.54, 1.807) is 19.1 Å². The second-order valence-electron chi connectivity index (χ2n) is 5.13. The molecule has 1 amide bonds. The van der Waals surface area contributed by atoms with Crippen molar-refractivity contribution in [3.63, 3.8) is 0 Å². The minimum Gasteiger partial charge on any atom is -0.497 e. The maximum absolute atomic E-state index is 12.2. The van der Waals surface area contributed by atoms with Crippen LogP contribution in [-0.2, 0) is 11.3 Å². The molecule has 0 spiro atoms. The fourth-order valence-corrected chi connectivity index (χ4v) is 2.09. The van der Waals surface area contributed by atoms with E-state index in [0.29, 0.717) is 6.54 Å². The van der Waals surface area contributed by atoms with Crippen LogP contribution in [0.25, 0.3) is 0 Å². The number of rotatable bonds is 6. The summed E-state index contributed by atoms with van der Waals surface area (Å²) in [7, 11) is 3.40. The summed E-state index contributed by atoms with van der Waals surface area (Å²) in [6, 6.07) is 18.8. The number of nitrogens with one attached hydrogen (secondary N) is 1. The van der Waals surface area contributed by atoms with Gasteiger partial charge in [-0.05, 0) is 29.8 Å². The summed E-state index contributed by atoms with van der Waals surface area (Å²) in [5.41, 5.74) is 1.88. The van der Waals surface area contributed by atoms with Crippen molar-refractivity contribution in [1.82, 2.24) is 5.32 Å². The molecule has 0 bridgehead atoms. The maximum atomic E-state index is 12.2. The SMILES string of the molecule is COc1ccc(CNC(=O)/C(C#N)=C\N(C)c2ccccc2)cc1. The molecule has 2 aromatic carbocycles. The maximum Gasteiger partial charge on any atom is 0.263 e. The molecule has 0 aromatic heterocycles. The molecule has 0 aliphatic rings. The Hall–Kier alpha value is -3.26. The van der Waals surface area contributed by atoms with E-state index in [4.69, 9.17) is 4.74 Å². The summed E-state index contributed by atoms with van der Waals surface area (Å²) in [6.45, 7) is 0.344. The third-order valence-corrected chi connectivity index (χ3v) is 3.46. The van der Waals surface area contributed by atoms with Crippen LogP contribution >= 0.6 is 0 Å². The van der Waals surface area contributed by atoms with E-state index in [2.05, 4.69) is 5.32 Å². The molecule has 2 aromatic rings. The van der Waals surface area contributed by atoms with E-state index >= 15 is 0 Å². The standard InChI is InChI=1S/C19H19N3O2/c1-22(17-6-4-3-5-7-17)14-16(12-20)19(23)21-13-15-8-10-18(24-2)11-9-15/h3-11,14H,13H2,1-2H3,(H,21,23)/b16-14-. The number of carbonyl (C=O) groups excluding carboxylic acids is 1. The molecule has 0 saturated heterocycles. The largest absolute Gasteiger partial charge is 0.497 e. The first-order chi connectivity index (χ1) is 11.6. The molecule has 2 rings (SSSR count). The highest BCUT2D eigenvalue weighted by Gasteiger charge is 2.10. The predicted octanol–water partition coefficient (Wildman–Crippen LogP) is 2.86. The second kappa shape index (κ2) is 8.39. The van der Waals surface area contributed by atoms with Gasteiger partial charge in [-0.2, -0.15) is 5.26 Å². The Kier molecular flexibility index (Phi) is 5.98. The van der Waals surface area contributed by atoms with Gasteiger partial charge >= 0.3 is 0 Å². The van der Waals surface area contributed by atoms with Crippen molar-refractivity contribution in [3.05, 3.63) is 71.9 Å². The molecule has 0 aliphatic heterocycles. The molecule has 122 valence electrons. The van der Waals surface area contributed by atoms with Crippen molar-refractivity contribution in [2.75, 3.05) is 19.1 Å². The van der Waals surface area contributed by atoms with Gasteiger partial charge in [0, 0.05) is 25.5 Å². The second-order valence-corrected chi connectivity index (χ2v) is 5.13. The summed E-state index contributed by atoms with van der Waals surface area (Å²) >= 11 is 0. The lowest BCUT2D eigenvalue weighted by atomic mass is 10.2. The molecule has 0 heterocycles. The van der Waals surface area contributed by atoms with Gasteiger partial charge in [0.1, 0.15) is 17.4 Å². The number of carbonyl (C=O) groups is 1. The van der Waals surface area contributed by atoms with Crippen LogP contribution in [0, 0.1) is 11.3 Å². The third kappa shape index (κ3) is 4.62. The first-order valence-corrected chi connectivity index (χ1v) is 7.45. The molecule has 24 heavy (non-hydrogen) atoms. The molecule has 0 fully saturated rings. The molecule has 5 heteroatoms. The number of anilines is 1. The average Bonchev–Trinajstić information content (AvgIpc) is 2.65. The number of methoxy groups -OCH3 is 1. The van der Waals surface area contributed by atoms with Gasteiger partial charge < -0.3 is 15.0 Å². The number of benzene rings is 2. The Morgan fingerprint density at radius 3 is 2.46 bits per heavy atom. The molecule has 0 atom stereocenters. The van der Waals surface area contributed by atoms with Crippen LogP contribution in [0.2, 0.25) is 0 Å². The number of hydrogen-bond donors (Lipinski definition) is 1. The molecule has 1 N–H and O–H groups in total. The highest BCUT2D eigenvalue weighted by molar-refractivity contribution is 5.97. The van der Waals surface area contributed by atoms with Crippen molar-refractivity contribution < 1.29 is 9.53 Å². The van der Waals surface area contributed by atoms with Crippen molar-refractivity contribution >= 4 is 11.6 Å². The first-order valence-electron chi connectivity index (χ1n) is 7.45. The highest BCUT2D eigenvalue weighted by atomic mass is 16.5. The van der Waals surface area contributed by atoms with Gasteiger partial charge in [-0.1, -0.05) is 30.3 Å². The summed E-state index contributed by atoms with van der Waals surface area (Å²) < 4.78 is 5.09. The van der Waals surface area contributed by atoms with E-state index in [-0.39, 0.29) is 5.57 Å². The lowest BCUT2D eigenvalue weighted by molar-refractivity contribution is -0.117. The van der Waals surface area contributed by atoms with Gasteiger partial charge in [-0.15, -0.1) is 0 Å². The summed E-state index contributed by atoms with van der Waals surface area (Å²) in [4.78, 5) is 13.9. The van der Waals surface area contributed by atoms with Crippen LogP contribution in [0.5, 0.6) is 5.75 Å². The van der Waals surface area contributed by atoms with Crippen LogP contribution in [0.1, 0.15) is 5.56 Å². The Labute approximate surface area is 141 Å². The zero-order chi connectivity index (χ0) is 17.4. The monoisotopic (exact) mass is 321 g/mol. The third-order valence-electron chi connectivity index (χ3n) is 3.46. The fraction of sp³-hybridized carbons (Fsp3) is 0.158. The number of hydrogen-bond acceptors (Lipinski definition) is 4. The quantitative estimate of drug-likeness (QED) is 0.656. The molecule has 0 aliphatic carbocycles.